The Balaban J connectivity index is 1.98. The van der Waals surface area contributed by atoms with E-state index >= 15 is 0 Å². The van der Waals surface area contributed by atoms with Gasteiger partial charge in [-0.15, -0.1) is 11.3 Å². The summed E-state index contributed by atoms with van der Waals surface area (Å²) in [7, 11) is -3.08. The molecule has 0 bridgehead atoms. The van der Waals surface area contributed by atoms with Gasteiger partial charge in [0.05, 0.1) is 16.0 Å². The standard InChI is InChI=1S/C11H18N2O2S2/c1-3-4-11-13-8(2)10(16-11)7-12-17(14,15)9-5-6-9/h9,12H,3-7H2,1-2H3. The molecule has 1 aromatic heterocycles. The van der Waals surface area contributed by atoms with Crippen molar-refractivity contribution >= 4 is 21.4 Å². The summed E-state index contributed by atoms with van der Waals surface area (Å²) in [6.07, 6.45) is 3.65. The lowest BCUT2D eigenvalue weighted by Crippen LogP contribution is -2.26. The molecular weight excluding hydrogens is 256 g/mol. The molecule has 1 N–H and O–H groups in total. The zero-order valence-electron chi connectivity index (χ0n) is 10.2. The first-order chi connectivity index (χ1) is 8.03. The maximum absolute atomic E-state index is 11.7. The van der Waals surface area contributed by atoms with Gasteiger partial charge in [0, 0.05) is 11.4 Å². The average molecular weight is 274 g/mol. The predicted octanol–water partition coefficient (Wildman–Crippen LogP) is 1.99. The van der Waals surface area contributed by atoms with Crippen molar-refractivity contribution in [1.29, 1.82) is 0 Å². The van der Waals surface area contributed by atoms with Gasteiger partial charge in [0.1, 0.15) is 0 Å². The van der Waals surface area contributed by atoms with Crippen molar-refractivity contribution in [1.82, 2.24) is 9.71 Å². The molecule has 1 aliphatic rings. The van der Waals surface area contributed by atoms with Crippen LogP contribution < -0.4 is 4.72 Å². The maximum atomic E-state index is 11.7. The fourth-order valence-corrected chi connectivity index (χ4v) is 4.18. The SMILES string of the molecule is CCCc1nc(C)c(CNS(=O)(=O)C2CC2)s1. The lowest BCUT2D eigenvalue weighted by molar-refractivity contribution is 0.580. The molecule has 0 spiro atoms. The Hall–Kier alpha value is -0.460. The number of aryl methyl sites for hydroxylation is 2. The normalized spacial score (nSPS) is 16.4. The Labute approximate surface area is 107 Å². The molecule has 1 aromatic rings. The van der Waals surface area contributed by atoms with Crippen LogP contribution in [0.3, 0.4) is 0 Å². The Morgan fingerprint density at radius 3 is 2.76 bits per heavy atom. The van der Waals surface area contributed by atoms with Crippen LogP contribution in [-0.4, -0.2) is 18.7 Å². The van der Waals surface area contributed by atoms with E-state index in [0.29, 0.717) is 6.54 Å². The van der Waals surface area contributed by atoms with Crippen molar-refractivity contribution in [2.24, 2.45) is 0 Å². The fraction of sp³-hybridized carbons (Fsp3) is 0.727. The molecule has 0 aromatic carbocycles. The highest BCUT2D eigenvalue weighted by Crippen LogP contribution is 2.28. The minimum absolute atomic E-state index is 0.147. The minimum atomic E-state index is -3.08. The van der Waals surface area contributed by atoms with Crippen molar-refractivity contribution in [2.75, 3.05) is 0 Å². The molecule has 17 heavy (non-hydrogen) atoms. The minimum Gasteiger partial charge on any atom is -0.246 e. The highest BCUT2D eigenvalue weighted by Gasteiger charge is 2.35. The molecule has 0 atom stereocenters. The van der Waals surface area contributed by atoms with Crippen LogP contribution in [0.4, 0.5) is 0 Å². The third kappa shape index (κ3) is 3.26. The first-order valence-electron chi connectivity index (χ1n) is 5.96. The van der Waals surface area contributed by atoms with E-state index in [4.69, 9.17) is 0 Å². The molecule has 96 valence electrons. The molecule has 0 saturated heterocycles. The van der Waals surface area contributed by atoms with E-state index in [1.807, 2.05) is 6.92 Å². The van der Waals surface area contributed by atoms with Crippen LogP contribution in [0.25, 0.3) is 0 Å². The highest BCUT2D eigenvalue weighted by molar-refractivity contribution is 7.90. The van der Waals surface area contributed by atoms with E-state index in [-0.39, 0.29) is 5.25 Å². The highest BCUT2D eigenvalue weighted by atomic mass is 32.2. The number of hydrogen-bond acceptors (Lipinski definition) is 4. The third-order valence-electron chi connectivity index (χ3n) is 2.80. The maximum Gasteiger partial charge on any atom is 0.214 e. The molecule has 2 rings (SSSR count). The van der Waals surface area contributed by atoms with Crippen molar-refractivity contribution in [3.63, 3.8) is 0 Å². The van der Waals surface area contributed by atoms with Gasteiger partial charge < -0.3 is 0 Å². The molecule has 1 fully saturated rings. The smallest absolute Gasteiger partial charge is 0.214 e. The van der Waals surface area contributed by atoms with Gasteiger partial charge in [-0.2, -0.15) is 0 Å². The Morgan fingerprint density at radius 1 is 1.47 bits per heavy atom. The Kier molecular flexibility index (Phi) is 3.85. The fourth-order valence-electron chi connectivity index (χ4n) is 1.64. The van der Waals surface area contributed by atoms with E-state index in [0.717, 1.165) is 41.3 Å². The molecule has 6 heteroatoms. The summed E-state index contributed by atoms with van der Waals surface area (Å²) in [4.78, 5) is 5.48. The van der Waals surface area contributed by atoms with Crippen molar-refractivity contribution in [3.05, 3.63) is 15.6 Å². The van der Waals surface area contributed by atoms with Crippen LogP contribution in [-0.2, 0) is 23.0 Å². The van der Waals surface area contributed by atoms with Gasteiger partial charge in [0.15, 0.2) is 0 Å². The second-order valence-corrected chi connectivity index (χ2v) is 7.65. The molecule has 0 amide bonds. The Bertz CT molecular complexity index is 490. The number of nitrogens with one attached hydrogen (secondary N) is 1. The van der Waals surface area contributed by atoms with Gasteiger partial charge >= 0.3 is 0 Å². The van der Waals surface area contributed by atoms with Gasteiger partial charge in [0.25, 0.3) is 0 Å². The number of thiazole rings is 1. The molecule has 1 heterocycles. The van der Waals surface area contributed by atoms with Crippen molar-refractivity contribution in [2.45, 2.75) is 51.3 Å². The number of hydrogen-bond donors (Lipinski definition) is 1. The summed E-state index contributed by atoms with van der Waals surface area (Å²) < 4.78 is 26.0. The second-order valence-electron chi connectivity index (χ2n) is 4.43. The molecule has 0 unspecified atom stereocenters. The second kappa shape index (κ2) is 5.04. The topological polar surface area (TPSA) is 59.1 Å². The van der Waals surface area contributed by atoms with Crippen LogP contribution in [0.5, 0.6) is 0 Å². The quantitative estimate of drug-likeness (QED) is 0.863. The summed E-state index contributed by atoms with van der Waals surface area (Å²) in [6, 6.07) is 0. The molecular formula is C11H18N2O2S2. The van der Waals surface area contributed by atoms with Gasteiger partial charge in [-0.1, -0.05) is 6.92 Å². The van der Waals surface area contributed by atoms with Crippen LogP contribution in [0.15, 0.2) is 0 Å². The Morgan fingerprint density at radius 2 is 2.18 bits per heavy atom. The van der Waals surface area contributed by atoms with Crippen molar-refractivity contribution in [3.8, 4) is 0 Å². The van der Waals surface area contributed by atoms with Gasteiger partial charge in [-0.3, -0.25) is 0 Å². The lowest BCUT2D eigenvalue weighted by atomic mass is 10.3. The molecule has 1 saturated carbocycles. The van der Waals surface area contributed by atoms with E-state index < -0.39 is 10.0 Å². The lowest BCUT2D eigenvalue weighted by Gasteiger charge is -2.03. The van der Waals surface area contributed by atoms with Gasteiger partial charge in [0.2, 0.25) is 10.0 Å². The third-order valence-corrected chi connectivity index (χ3v) is 5.91. The summed E-state index contributed by atoms with van der Waals surface area (Å²) in [5, 5.41) is 0.955. The zero-order chi connectivity index (χ0) is 12.5. The van der Waals surface area contributed by atoms with Gasteiger partial charge in [-0.05, 0) is 32.6 Å². The number of rotatable bonds is 6. The van der Waals surface area contributed by atoms with Gasteiger partial charge in [-0.25, -0.2) is 18.1 Å². The van der Waals surface area contributed by atoms with Crippen molar-refractivity contribution < 1.29 is 8.42 Å². The summed E-state index contributed by atoms with van der Waals surface area (Å²) >= 11 is 1.62. The van der Waals surface area contributed by atoms with E-state index in [1.165, 1.54) is 0 Å². The predicted molar refractivity (Wildman–Crippen MR) is 69.6 cm³/mol. The van der Waals surface area contributed by atoms with Crippen LogP contribution in [0.1, 0.15) is 41.8 Å². The number of sulfonamides is 1. The first-order valence-corrected chi connectivity index (χ1v) is 8.33. The summed E-state index contributed by atoms with van der Waals surface area (Å²) in [5.41, 5.74) is 0.956. The molecule has 4 nitrogen and oxygen atoms in total. The average Bonchev–Trinajstić information content (AvgIpc) is 3.04. The van der Waals surface area contributed by atoms with Crippen LogP contribution in [0, 0.1) is 6.92 Å². The van der Waals surface area contributed by atoms with E-state index in [9.17, 15) is 8.42 Å². The summed E-state index contributed by atoms with van der Waals surface area (Å²) in [6.45, 7) is 4.45. The van der Waals surface area contributed by atoms with E-state index in [2.05, 4.69) is 16.6 Å². The largest absolute Gasteiger partial charge is 0.246 e. The first kappa shape index (κ1) is 13.0. The number of nitrogens with zero attached hydrogens (tertiary/aromatic N) is 1. The molecule has 0 radical (unpaired) electrons. The number of aromatic nitrogens is 1. The summed E-state index contributed by atoms with van der Waals surface area (Å²) in [5.74, 6) is 0. The van der Waals surface area contributed by atoms with Crippen LogP contribution in [0.2, 0.25) is 0 Å². The molecule has 0 aliphatic heterocycles. The zero-order valence-corrected chi connectivity index (χ0v) is 11.8. The van der Waals surface area contributed by atoms with Crippen LogP contribution >= 0.6 is 11.3 Å². The van der Waals surface area contributed by atoms with E-state index in [1.54, 1.807) is 11.3 Å². The molecule has 1 aliphatic carbocycles. The monoisotopic (exact) mass is 274 g/mol.